The molecule has 0 N–H and O–H groups in total. The summed E-state index contributed by atoms with van der Waals surface area (Å²) < 4.78 is 4.77. The van der Waals surface area contributed by atoms with Crippen LogP contribution in [-0.4, -0.2) is 4.40 Å². The zero-order valence-corrected chi connectivity index (χ0v) is 17.6. The van der Waals surface area contributed by atoms with Crippen LogP contribution >= 0.6 is 0 Å². The van der Waals surface area contributed by atoms with Crippen molar-refractivity contribution in [2.75, 3.05) is 0 Å². The van der Waals surface area contributed by atoms with Gasteiger partial charge in [0.15, 0.2) is 6.20 Å². The molecule has 0 atom stereocenters. The van der Waals surface area contributed by atoms with Gasteiger partial charge in [-0.2, -0.15) is 4.57 Å². The Balaban J connectivity index is 1.76. The van der Waals surface area contributed by atoms with Gasteiger partial charge in [-0.05, 0) is 35.4 Å². The van der Waals surface area contributed by atoms with Crippen molar-refractivity contribution in [3.05, 3.63) is 96.7 Å². The Kier molecular flexibility index (Phi) is 3.17. The molecular weight excluding hydrogens is 376 g/mol. The maximum atomic E-state index is 2.49. The third-order valence-electron chi connectivity index (χ3n) is 6.96. The van der Waals surface area contributed by atoms with Gasteiger partial charge in [-0.3, -0.25) is 0 Å². The van der Waals surface area contributed by atoms with E-state index in [2.05, 4.69) is 114 Å². The van der Waals surface area contributed by atoms with Gasteiger partial charge in [0.05, 0.1) is 16.6 Å². The van der Waals surface area contributed by atoms with Gasteiger partial charge < -0.3 is 4.40 Å². The van der Waals surface area contributed by atoms with Crippen molar-refractivity contribution >= 4 is 48.9 Å². The molecule has 0 bridgehead atoms. The molecule has 0 aliphatic carbocycles. The Hall–Kier alpha value is -3.91. The topological polar surface area (TPSA) is 8.29 Å². The van der Waals surface area contributed by atoms with Crippen LogP contribution in [0, 0.1) is 6.92 Å². The van der Waals surface area contributed by atoms with Crippen molar-refractivity contribution in [1.29, 1.82) is 0 Å². The van der Waals surface area contributed by atoms with E-state index in [9.17, 15) is 0 Å². The molecule has 2 nitrogen and oxygen atoms in total. The summed E-state index contributed by atoms with van der Waals surface area (Å²) in [5.74, 6) is 0. The average molecular weight is 398 g/mol. The highest BCUT2D eigenvalue weighted by Crippen LogP contribution is 2.41. The van der Waals surface area contributed by atoms with Crippen molar-refractivity contribution in [2.45, 2.75) is 6.92 Å². The molecule has 3 aromatic heterocycles. The van der Waals surface area contributed by atoms with Gasteiger partial charge in [-0.15, -0.1) is 0 Å². The number of hydrogen-bond acceptors (Lipinski definition) is 0. The normalized spacial score (nSPS) is 12.2. The van der Waals surface area contributed by atoms with E-state index in [1.54, 1.807) is 0 Å². The zero-order valence-electron chi connectivity index (χ0n) is 17.6. The van der Waals surface area contributed by atoms with E-state index in [0.717, 1.165) is 0 Å². The zero-order chi connectivity index (χ0) is 20.7. The van der Waals surface area contributed by atoms with Gasteiger partial charge in [0.2, 0.25) is 5.69 Å². The van der Waals surface area contributed by atoms with Crippen molar-refractivity contribution in [1.82, 2.24) is 4.40 Å². The summed E-state index contributed by atoms with van der Waals surface area (Å²) in [5.41, 5.74) is 7.76. The van der Waals surface area contributed by atoms with E-state index in [1.165, 1.54) is 65.7 Å². The number of hydrogen-bond donors (Lipinski definition) is 0. The minimum Gasteiger partial charge on any atom is -0.302 e. The van der Waals surface area contributed by atoms with Crippen LogP contribution in [0.2, 0.25) is 0 Å². The van der Waals surface area contributed by atoms with Gasteiger partial charge >= 0.3 is 0 Å². The first-order chi connectivity index (χ1) is 15.2. The van der Waals surface area contributed by atoms with Gasteiger partial charge in [-0.25, -0.2) is 0 Å². The van der Waals surface area contributed by atoms with Crippen molar-refractivity contribution in [3.63, 3.8) is 0 Å². The molecule has 4 aromatic carbocycles. The summed E-state index contributed by atoms with van der Waals surface area (Å²) in [6.07, 6.45) is 2.20. The molecule has 0 saturated heterocycles. The highest BCUT2D eigenvalue weighted by molar-refractivity contribution is 6.24. The molecule has 0 radical (unpaired) electrons. The summed E-state index contributed by atoms with van der Waals surface area (Å²) in [6.45, 7) is 2.25. The molecule has 0 aliphatic rings. The highest BCUT2D eigenvalue weighted by atomic mass is 15.0. The highest BCUT2D eigenvalue weighted by Gasteiger charge is 2.25. The minimum absolute atomic E-state index is 1.26. The van der Waals surface area contributed by atoms with E-state index in [1.807, 2.05) is 0 Å². The molecule has 0 aliphatic heterocycles. The number of nitrogens with zero attached hydrogens (tertiary/aromatic N) is 2. The van der Waals surface area contributed by atoms with Crippen molar-refractivity contribution < 1.29 is 4.57 Å². The molecule has 146 valence electrons. The Bertz CT molecular complexity index is 1800. The van der Waals surface area contributed by atoms with E-state index in [-0.39, 0.29) is 0 Å². The molecule has 31 heavy (non-hydrogen) atoms. The summed E-state index contributed by atoms with van der Waals surface area (Å²) in [5, 5.41) is 7.88. The summed E-state index contributed by atoms with van der Waals surface area (Å²) in [6, 6.07) is 31.0. The Morgan fingerprint density at radius 1 is 0.613 bits per heavy atom. The van der Waals surface area contributed by atoms with E-state index >= 15 is 0 Å². The number of pyridine rings is 1. The molecule has 7 rings (SSSR count). The third-order valence-corrected chi connectivity index (χ3v) is 6.96. The largest absolute Gasteiger partial charge is 0.302 e. The van der Waals surface area contributed by atoms with Crippen molar-refractivity contribution in [3.8, 4) is 11.3 Å². The van der Waals surface area contributed by atoms with Crippen molar-refractivity contribution in [2.24, 2.45) is 7.05 Å². The van der Waals surface area contributed by atoms with Crippen LogP contribution in [0.15, 0.2) is 91.1 Å². The fourth-order valence-corrected chi connectivity index (χ4v) is 5.55. The summed E-state index contributed by atoms with van der Waals surface area (Å²) in [7, 11) is 2.16. The number of aryl methyl sites for hydroxylation is 2. The van der Waals surface area contributed by atoms with Crippen LogP contribution in [0.1, 0.15) is 5.56 Å². The number of fused-ring (bicyclic) bond motifs is 7. The Morgan fingerprint density at radius 2 is 1.29 bits per heavy atom. The molecule has 0 fully saturated rings. The lowest BCUT2D eigenvalue weighted by Gasteiger charge is -2.10. The van der Waals surface area contributed by atoms with Crippen LogP contribution < -0.4 is 4.57 Å². The first kappa shape index (κ1) is 16.8. The van der Waals surface area contributed by atoms with Crippen LogP contribution in [0.3, 0.4) is 0 Å². The van der Waals surface area contributed by atoms with E-state index in [4.69, 9.17) is 0 Å². The molecular formula is C29H21N2+. The summed E-state index contributed by atoms with van der Waals surface area (Å²) in [4.78, 5) is 0. The SMILES string of the molecule is Cc1c(-c2c3c(cc[n+]2C)c2cccc4c5ccccc5n3c42)ccc2ccccc12. The quantitative estimate of drug-likeness (QED) is 0.270. The number of aromatic nitrogens is 2. The van der Waals surface area contributed by atoms with Gasteiger partial charge in [0.1, 0.15) is 12.6 Å². The maximum absolute atomic E-state index is 2.49. The fourth-order valence-electron chi connectivity index (χ4n) is 5.55. The molecule has 0 saturated carbocycles. The van der Waals surface area contributed by atoms with Crippen LogP contribution in [0.25, 0.3) is 60.1 Å². The molecule has 7 aromatic rings. The monoisotopic (exact) mass is 397 g/mol. The second kappa shape index (κ2) is 5.83. The van der Waals surface area contributed by atoms with E-state index < -0.39 is 0 Å². The van der Waals surface area contributed by atoms with Gasteiger partial charge in [-0.1, -0.05) is 66.7 Å². The lowest BCUT2D eigenvalue weighted by molar-refractivity contribution is -0.659. The first-order valence-electron chi connectivity index (χ1n) is 10.8. The number of benzene rings is 4. The lowest BCUT2D eigenvalue weighted by atomic mass is 9.96. The minimum atomic E-state index is 1.26. The van der Waals surface area contributed by atoms with Crippen LogP contribution in [-0.2, 0) is 7.05 Å². The lowest BCUT2D eigenvalue weighted by Crippen LogP contribution is -2.31. The van der Waals surface area contributed by atoms with Gasteiger partial charge in [0, 0.05) is 27.6 Å². The average Bonchev–Trinajstić information content (AvgIpc) is 3.32. The summed E-state index contributed by atoms with van der Waals surface area (Å²) >= 11 is 0. The Morgan fingerprint density at radius 3 is 2.16 bits per heavy atom. The van der Waals surface area contributed by atoms with Crippen LogP contribution in [0.5, 0.6) is 0 Å². The predicted molar refractivity (Wildman–Crippen MR) is 130 cm³/mol. The fraction of sp³-hybridized carbons (Fsp3) is 0.0690. The molecule has 0 amide bonds. The first-order valence-corrected chi connectivity index (χ1v) is 10.8. The molecule has 0 spiro atoms. The second-order valence-corrected chi connectivity index (χ2v) is 8.55. The molecule has 3 heterocycles. The smallest absolute Gasteiger partial charge is 0.237 e. The standard InChI is InChI=1S/C29H21N2/c1-18-20-9-4-3-8-19(20)14-15-21(18)28-29-25(16-17-30(28)2)24-12-7-11-23-22-10-5-6-13-26(22)31(29)27(23)24/h3-17H,1-2H3/q+1. The maximum Gasteiger partial charge on any atom is 0.237 e. The Labute approximate surface area is 179 Å². The molecule has 2 heteroatoms. The second-order valence-electron chi connectivity index (χ2n) is 8.55. The van der Waals surface area contributed by atoms with E-state index in [0.29, 0.717) is 0 Å². The molecule has 0 unspecified atom stereocenters. The third kappa shape index (κ3) is 2.04. The number of para-hydroxylation sites is 2. The van der Waals surface area contributed by atoms with Crippen LogP contribution in [0.4, 0.5) is 0 Å². The number of rotatable bonds is 1. The predicted octanol–water partition coefficient (Wildman–Crippen LogP) is 6.79. The van der Waals surface area contributed by atoms with Gasteiger partial charge in [0.25, 0.3) is 0 Å².